The number of ether oxygens (including phenoxy) is 2. The van der Waals surface area contributed by atoms with Gasteiger partial charge in [0, 0.05) is 18.1 Å². The van der Waals surface area contributed by atoms with E-state index in [2.05, 4.69) is 5.32 Å². The molecule has 168 valence electrons. The average molecular weight is 447 g/mol. The minimum Gasteiger partial charge on any atom is -0.497 e. The molecule has 1 atom stereocenters. The smallest absolute Gasteiger partial charge is 0.261 e. The highest BCUT2D eigenvalue weighted by molar-refractivity contribution is 6.30. The van der Waals surface area contributed by atoms with Crippen molar-refractivity contribution in [1.82, 2.24) is 10.2 Å². The number of carbonyl (C=O) groups excluding carboxylic acids is 2. The lowest BCUT2D eigenvalue weighted by atomic mass is 10.1. The van der Waals surface area contributed by atoms with E-state index in [0.29, 0.717) is 36.2 Å². The molecule has 0 heterocycles. The summed E-state index contributed by atoms with van der Waals surface area (Å²) in [5.41, 5.74) is 0.899. The van der Waals surface area contributed by atoms with Crippen LogP contribution in [-0.2, 0) is 16.1 Å². The Balaban J connectivity index is 2.18. The lowest BCUT2D eigenvalue weighted by molar-refractivity contribution is -0.143. The SMILES string of the molecule is CC[C@H](C(=O)NCC(C)C)N(Cc1ccc(OC)cc1)C(=O)COc1ccc(Cl)cc1. The second kappa shape index (κ2) is 12.2. The summed E-state index contributed by atoms with van der Waals surface area (Å²) in [6.07, 6.45) is 0.493. The number of nitrogens with one attached hydrogen (secondary N) is 1. The van der Waals surface area contributed by atoms with Gasteiger partial charge in [-0.15, -0.1) is 0 Å². The highest BCUT2D eigenvalue weighted by atomic mass is 35.5. The van der Waals surface area contributed by atoms with Gasteiger partial charge in [-0.1, -0.05) is 44.5 Å². The Kier molecular flexibility index (Phi) is 9.66. The Bertz CT molecular complexity index is 838. The molecule has 2 amide bonds. The number of rotatable bonds is 11. The van der Waals surface area contributed by atoms with Gasteiger partial charge in [-0.25, -0.2) is 0 Å². The molecule has 0 saturated carbocycles. The van der Waals surface area contributed by atoms with E-state index in [1.807, 2.05) is 45.0 Å². The van der Waals surface area contributed by atoms with Crippen LogP contribution in [-0.4, -0.2) is 43.0 Å². The first-order valence-corrected chi connectivity index (χ1v) is 10.8. The molecule has 0 unspecified atom stereocenters. The molecule has 2 rings (SSSR count). The van der Waals surface area contributed by atoms with E-state index in [-0.39, 0.29) is 18.4 Å². The number of hydrogen-bond acceptors (Lipinski definition) is 4. The fourth-order valence-corrected chi connectivity index (χ4v) is 3.15. The van der Waals surface area contributed by atoms with Crippen LogP contribution < -0.4 is 14.8 Å². The van der Waals surface area contributed by atoms with E-state index >= 15 is 0 Å². The van der Waals surface area contributed by atoms with Crippen molar-refractivity contribution in [1.29, 1.82) is 0 Å². The first-order chi connectivity index (χ1) is 14.8. The largest absolute Gasteiger partial charge is 0.497 e. The van der Waals surface area contributed by atoms with E-state index in [1.54, 1.807) is 36.3 Å². The Morgan fingerprint density at radius 2 is 1.65 bits per heavy atom. The molecule has 1 N–H and O–H groups in total. The third-order valence-electron chi connectivity index (χ3n) is 4.76. The van der Waals surface area contributed by atoms with Crippen molar-refractivity contribution in [3.05, 3.63) is 59.1 Å². The summed E-state index contributed by atoms with van der Waals surface area (Å²) >= 11 is 5.90. The topological polar surface area (TPSA) is 67.9 Å². The molecule has 0 aliphatic carbocycles. The molecule has 0 aliphatic heterocycles. The van der Waals surface area contributed by atoms with Crippen molar-refractivity contribution in [2.75, 3.05) is 20.3 Å². The van der Waals surface area contributed by atoms with Gasteiger partial charge in [-0.05, 0) is 54.3 Å². The fourth-order valence-electron chi connectivity index (χ4n) is 3.03. The normalized spacial score (nSPS) is 11.7. The van der Waals surface area contributed by atoms with E-state index in [9.17, 15) is 9.59 Å². The van der Waals surface area contributed by atoms with Crippen molar-refractivity contribution in [2.45, 2.75) is 39.8 Å². The fraction of sp³-hybridized carbons (Fsp3) is 0.417. The second-order valence-corrected chi connectivity index (χ2v) is 8.11. The Morgan fingerprint density at radius 1 is 1.03 bits per heavy atom. The number of nitrogens with zero attached hydrogens (tertiary/aromatic N) is 1. The molecule has 0 spiro atoms. The third kappa shape index (κ3) is 7.79. The minimum absolute atomic E-state index is 0.162. The van der Waals surface area contributed by atoms with Crippen molar-refractivity contribution in [2.24, 2.45) is 5.92 Å². The van der Waals surface area contributed by atoms with Gasteiger partial charge in [0.15, 0.2) is 6.61 Å². The van der Waals surface area contributed by atoms with Crippen LogP contribution >= 0.6 is 11.6 Å². The highest BCUT2D eigenvalue weighted by Crippen LogP contribution is 2.18. The van der Waals surface area contributed by atoms with Gasteiger partial charge in [0.25, 0.3) is 5.91 Å². The van der Waals surface area contributed by atoms with Crippen LogP contribution in [0.5, 0.6) is 11.5 Å². The van der Waals surface area contributed by atoms with E-state index in [4.69, 9.17) is 21.1 Å². The summed E-state index contributed by atoms with van der Waals surface area (Å²) in [6.45, 7) is 6.63. The summed E-state index contributed by atoms with van der Waals surface area (Å²) in [5.74, 6) is 1.16. The number of amides is 2. The maximum Gasteiger partial charge on any atom is 0.261 e. The van der Waals surface area contributed by atoms with Crippen LogP contribution in [0.2, 0.25) is 5.02 Å². The molecular weight excluding hydrogens is 416 g/mol. The summed E-state index contributed by atoms with van der Waals surface area (Å²) < 4.78 is 10.9. The molecule has 31 heavy (non-hydrogen) atoms. The average Bonchev–Trinajstić information content (AvgIpc) is 2.77. The molecular formula is C24H31ClN2O4. The number of methoxy groups -OCH3 is 1. The first-order valence-electron chi connectivity index (χ1n) is 10.4. The van der Waals surface area contributed by atoms with Crippen LogP contribution in [0.3, 0.4) is 0 Å². The monoisotopic (exact) mass is 446 g/mol. The third-order valence-corrected chi connectivity index (χ3v) is 5.01. The van der Waals surface area contributed by atoms with E-state index in [1.165, 1.54) is 0 Å². The van der Waals surface area contributed by atoms with E-state index in [0.717, 1.165) is 11.3 Å². The zero-order valence-electron chi connectivity index (χ0n) is 18.6. The zero-order chi connectivity index (χ0) is 22.8. The molecule has 0 bridgehead atoms. The molecule has 0 aliphatic rings. The Hall–Kier alpha value is -2.73. The molecule has 6 nitrogen and oxygen atoms in total. The maximum absolute atomic E-state index is 13.1. The second-order valence-electron chi connectivity index (χ2n) is 7.68. The molecule has 0 saturated heterocycles. The Labute approximate surface area is 189 Å². The predicted octanol–water partition coefficient (Wildman–Crippen LogP) is 4.31. The summed E-state index contributed by atoms with van der Waals surface area (Å²) in [7, 11) is 1.60. The van der Waals surface area contributed by atoms with Crippen LogP contribution in [0.25, 0.3) is 0 Å². The van der Waals surface area contributed by atoms with Crippen molar-refractivity contribution in [3.63, 3.8) is 0 Å². The molecule has 2 aromatic carbocycles. The minimum atomic E-state index is -0.595. The first kappa shape index (κ1) is 24.5. The van der Waals surface area contributed by atoms with Crippen molar-refractivity contribution in [3.8, 4) is 11.5 Å². The van der Waals surface area contributed by atoms with Crippen LogP contribution in [0.4, 0.5) is 0 Å². The molecule has 0 fully saturated rings. The Morgan fingerprint density at radius 3 is 2.19 bits per heavy atom. The van der Waals surface area contributed by atoms with Crippen molar-refractivity contribution < 1.29 is 19.1 Å². The van der Waals surface area contributed by atoms with Gasteiger partial charge >= 0.3 is 0 Å². The number of carbonyl (C=O) groups is 2. The van der Waals surface area contributed by atoms with Crippen molar-refractivity contribution >= 4 is 23.4 Å². The lowest BCUT2D eigenvalue weighted by Gasteiger charge is -2.31. The van der Waals surface area contributed by atoms with Crippen LogP contribution in [0.15, 0.2) is 48.5 Å². The molecule has 7 heteroatoms. The summed E-state index contributed by atoms with van der Waals surface area (Å²) in [6, 6.07) is 13.7. The summed E-state index contributed by atoms with van der Waals surface area (Å²) in [5, 5.41) is 3.53. The van der Waals surface area contributed by atoms with Gasteiger partial charge in [0.05, 0.1) is 7.11 Å². The van der Waals surface area contributed by atoms with Crippen LogP contribution in [0, 0.1) is 5.92 Å². The highest BCUT2D eigenvalue weighted by Gasteiger charge is 2.29. The quantitative estimate of drug-likeness (QED) is 0.558. The number of hydrogen-bond donors (Lipinski definition) is 1. The van der Waals surface area contributed by atoms with Crippen LogP contribution in [0.1, 0.15) is 32.8 Å². The van der Waals surface area contributed by atoms with Gasteiger partial charge in [-0.2, -0.15) is 0 Å². The van der Waals surface area contributed by atoms with Gasteiger partial charge in [-0.3, -0.25) is 9.59 Å². The lowest BCUT2D eigenvalue weighted by Crippen LogP contribution is -2.50. The summed E-state index contributed by atoms with van der Waals surface area (Å²) in [4.78, 5) is 27.5. The molecule has 2 aromatic rings. The maximum atomic E-state index is 13.1. The predicted molar refractivity (Wildman–Crippen MR) is 122 cm³/mol. The molecule has 0 radical (unpaired) electrons. The van der Waals surface area contributed by atoms with Gasteiger partial charge in [0.1, 0.15) is 17.5 Å². The van der Waals surface area contributed by atoms with E-state index < -0.39 is 6.04 Å². The molecule has 0 aromatic heterocycles. The number of benzene rings is 2. The van der Waals surface area contributed by atoms with Gasteiger partial charge < -0.3 is 19.7 Å². The zero-order valence-corrected chi connectivity index (χ0v) is 19.3. The standard InChI is InChI=1S/C24H31ClN2O4/c1-5-22(24(29)26-14-17(2)3)27(15-18-6-10-20(30-4)11-7-18)23(28)16-31-21-12-8-19(25)9-13-21/h6-13,17,22H,5,14-16H2,1-4H3,(H,26,29)/t22-/m1/s1. The number of halogens is 1. The van der Waals surface area contributed by atoms with Gasteiger partial charge in [0.2, 0.25) is 5.91 Å².